The summed E-state index contributed by atoms with van der Waals surface area (Å²) in [5.74, 6) is 3.37. The zero-order chi connectivity index (χ0) is 15.3. The number of nitrogens with one attached hydrogen (secondary N) is 2. The molecule has 20 heavy (non-hydrogen) atoms. The highest BCUT2D eigenvalue weighted by molar-refractivity contribution is 5.57. The molecule has 0 radical (unpaired) electrons. The molecule has 2 N–H and O–H groups in total. The minimum absolute atomic E-state index is 0.298. The first kappa shape index (κ1) is 16.7. The molecule has 4 heteroatoms. The van der Waals surface area contributed by atoms with Crippen LogP contribution in [-0.4, -0.2) is 23.1 Å². The van der Waals surface area contributed by atoms with Gasteiger partial charge in [-0.2, -0.15) is 0 Å². The van der Waals surface area contributed by atoms with E-state index in [4.69, 9.17) is 0 Å². The van der Waals surface area contributed by atoms with Crippen molar-refractivity contribution in [3.8, 4) is 0 Å². The van der Waals surface area contributed by atoms with Crippen molar-refractivity contribution in [2.75, 3.05) is 23.7 Å². The fourth-order valence-electron chi connectivity index (χ4n) is 1.79. The van der Waals surface area contributed by atoms with Gasteiger partial charge in [0.2, 0.25) is 0 Å². The van der Waals surface area contributed by atoms with E-state index in [-0.39, 0.29) is 0 Å². The molecular formula is C16H30N4. The molecule has 1 rings (SSSR count). The summed E-state index contributed by atoms with van der Waals surface area (Å²) in [5, 5.41) is 6.82. The van der Waals surface area contributed by atoms with Gasteiger partial charge in [0.05, 0.1) is 0 Å². The molecule has 114 valence electrons. The quantitative estimate of drug-likeness (QED) is 0.829. The van der Waals surface area contributed by atoms with E-state index in [2.05, 4.69) is 69.1 Å². The Morgan fingerprint density at radius 3 is 2.05 bits per heavy atom. The number of nitrogens with zero attached hydrogens (tertiary/aromatic N) is 2. The molecule has 0 saturated heterocycles. The SMILES string of the molecule is CCNc1nc(CC)nc(NCC(C)C(C)(C)C)c1C. The summed E-state index contributed by atoms with van der Waals surface area (Å²) in [4.78, 5) is 9.18. The average molecular weight is 278 g/mol. The maximum atomic E-state index is 4.63. The van der Waals surface area contributed by atoms with Crippen molar-refractivity contribution in [1.29, 1.82) is 0 Å². The third-order valence-electron chi connectivity index (χ3n) is 3.91. The zero-order valence-electron chi connectivity index (χ0n) is 14.1. The first-order valence-electron chi connectivity index (χ1n) is 7.64. The van der Waals surface area contributed by atoms with Gasteiger partial charge in [0, 0.05) is 25.1 Å². The average Bonchev–Trinajstić information content (AvgIpc) is 2.38. The summed E-state index contributed by atoms with van der Waals surface area (Å²) in [7, 11) is 0. The Hall–Kier alpha value is -1.32. The fraction of sp³-hybridized carbons (Fsp3) is 0.750. The molecule has 0 aromatic carbocycles. The first-order chi connectivity index (χ1) is 9.29. The van der Waals surface area contributed by atoms with E-state index in [1.165, 1.54) is 0 Å². The second-order valence-electron chi connectivity index (χ2n) is 6.49. The summed E-state index contributed by atoms with van der Waals surface area (Å²) in [6.07, 6.45) is 0.849. The number of hydrogen-bond donors (Lipinski definition) is 2. The van der Waals surface area contributed by atoms with Crippen LogP contribution >= 0.6 is 0 Å². The van der Waals surface area contributed by atoms with Crippen LogP contribution in [0.15, 0.2) is 0 Å². The van der Waals surface area contributed by atoms with E-state index in [1.807, 2.05) is 0 Å². The van der Waals surface area contributed by atoms with Crippen molar-refractivity contribution in [3.63, 3.8) is 0 Å². The maximum absolute atomic E-state index is 4.63. The molecule has 0 aliphatic rings. The molecule has 4 nitrogen and oxygen atoms in total. The molecule has 0 spiro atoms. The number of aryl methyl sites for hydroxylation is 1. The van der Waals surface area contributed by atoms with E-state index < -0.39 is 0 Å². The van der Waals surface area contributed by atoms with Crippen LogP contribution in [-0.2, 0) is 6.42 Å². The van der Waals surface area contributed by atoms with E-state index in [9.17, 15) is 0 Å². The summed E-state index contributed by atoms with van der Waals surface area (Å²) in [5.41, 5.74) is 1.40. The molecular weight excluding hydrogens is 248 g/mol. The number of hydrogen-bond acceptors (Lipinski definition) is 4. The lowest BCUT2D eigenvalue weighted by Gasteiger charge is -2.28. The summed E-state index contributed by atoms with van der Waals surface area (Å²) >= 11 is 0. The molecule has 0 amide bonds. The van der Waals surface area contributed by atoms with Crippen molar-refractivity contribution in [1.82, 2.24) is 9.97 Å². The van der Waals surface area contributed by atoms with Gasteiger partial charge in [0.25, 0.3) is 0 Å². The molecule has 1 aromatic rings. The highest BCUT2D eigenvalue weighted by Gasteiger charge is 2.20. The highest BCUT2D eigenvalue weighted by atomic mass is 15.1. The van der Waals surface area contributed by atoms with Gasteiger partial charge in [-0.15, -0.1) is 0 Å². The predicted molar refractivity (Wildman–Crippen MR) is 87.4 cm³/mol. The van der Waals surface area contributed by atoms with Crippen molar-refractivity contribution in [3.05, 3.63) is 11.4 Å². The van der Waals surface area contributed by atoms with E-state index >= 15 is 0 Å². The van der Waals surface area contributed by atoms with Gasteiger partial charge in [-0.25, -0.2) is 9.97 Å². The van der Waals surface area contributed by atoms with E-state index in [1.54, 1.807) is 0 Å². The van der Waals surface area contributed by atoms with Gasteiger partial charge >= 0.3 is 0 Å². The van der Waals surface area contributed by atoms with Crippen molar-refractivity contribution in [2.45, 2.75) is 54.9 Å². The highest BCUT2D eigenvalue weighted by Crippen LogP contribution is 2.26. The monoisotopic (exact) mass is 278 g/mol. The Labute approximate surface area is 123 Å². The van der Waals surface area contributed by atoms with E-state index in [0.29, 0.717) is 11.3 Å². The fourth-order valence-corrected chi connectivity index (χ4v) is 1.79. The Bertz CT molecular complexity index is 435. The Morgan fingerprint density at radius 2 is 1.60 bits per heavy atom. The van der Waals surface area contributed by atoms with Crippen molar-refractivity contribution < 1.29 is 0 Å². The molecule has 0 aliphatic heterocycles. The van der Waals surface area contributed by atoms with Crippen LogP contribution in [0.1, 0.15) is 52.9 Å². The van der Waals surface area contributed by atoms with Gasteiger partial charge < -0.3 is 10.6 Å². The topological polar surface area (TPSA) is 49.8 Å². The maximum Gasteiger partial charge on any atom is 0.134 e. The third-order valence-corrected chi connectivity index (χ3v) is 3.91. The Balaban J connectivity index is 2.91. The molecule has 1 aromatic heterocycles. The molecule has 1 unspecified atom stereocenters. The predicted octanol–water partition coefficient (Wildman–Crippen LogP) is 3.87. The summed E-state index contributed by atoms with van der Waals surface area (Å²) in [6, 6.07) is 0. The Kier molecular flexibility index (Phi) is 5.78. The summed E-state index contributed by atoms with van der Waals surface area (Å²) < 4.78 is 0. The molecule has 0 saturated carbocycles. The van der Waals surface area contributed by atoms with E-state index in [0.717, 1.165) is 42.5 Å². The zero-order valence-corrected chi connectivity index (χ0v) is 14.1. The largest absolute Gasteiger partial charge is 0.370 e. The minimum atomic E-state index is 0.298. The normalized spacial score (nSPS) is 13.2. The van der Waals surface area contributed by atoms with Gasteiger partial charge in [-0.05, 0) is 25.2 Å². The second-order valence-corrected chi connectivity index (χ2v) is 6.49. The summed E-state index contributed by atoms with van der Waals surface area (Å²) in [6.45, 7) is 17.1. The molecule has 1 heterocycles. The lowest BCUT2D eigenvalue weighted by atomic mass is 9.82. The van der Waals surface area contributed by atoms with Crippen LogP contribution in [0, 0.1) is 18.3 Å². The molecule has 1 atom stereocenters. The van der Waals surface area contributed by atoms with Crippen LogP contribution < -0.4 is 10.6 Å². The molecule has 0 fully saturated rings. The number of anilines is 2. The van der Waals surface area contributed by atoms with Gasteiger partial charge in [-0.1, -0.05) is 34.6 Å². The molecule has 0 aliphatic carbocycles. The smallest absolute Gasteiger partial charge is 0.134 e. The van der Waals surface area contributed by atoms with Crippen molar-refractivity contribution >= 4 is 11.6 Å². The minimum Gasteiger partial charge on any atom is -0.370 e. The standard InChI is InChI=1S/C16H30N4/c1-8-13-19-14(17-9-2)12(4)15(20-13)18-10-11(3)16(5,6)7/h11H,8-10H2,1-7H3,(H2,17,18,19,20). The molecule has 0 bridgehead atoms. The van der Waals surface area contributed by atoms with Crippen LogP contribution in [0.3, 0.4) is 0 Å². The number of aromatic nitrogens is 2. The second kappa shape index (κ2) is 6.91. The third kappa shape index (κ3) is 4.36. The first-order valence-corrected chi connectivity index (χ1v) is 7.64. The van der Waals surface area contributed by atoms with Crippen LogP contribution in [0.5, 0.6) is 0 Å². The Morgan fingerprint density at radius 1 is 1.05 bits per heavy atom. The lowest BCUT2D eigenvalue weighted by molar-refractivity contribution is 0.274. The van der Waals surface area contributed by atoms with Crippen LogP contribution in [0.4, 0.5) is 11.6 Å². The van der Waals surface area contributed by atoms with Crippen LogP contribution in [0.25, 0.3) is 0 Å². The number of rotatable bonds is 6. The van der Waals surface area contributed by atoms with Gasteiger partial charge in [0.1, 0.15) is 17.5 Å². The van der Waals surface area contributed by atoms with Gasteiger partial charge in [0.15, 0.2) is 0 Å². The van der Waals surface area contributed by atoms with Gasteiger partial charge in [-0.3, -0.25) is 0 Å². The van der Waals surface area contributed by atoms with Crippen molar-refractivity contribution in [2.24, 2.45) is 11.3 Å². The lowest BCUT2D eigenvalue weighted by Crippen LogP contribution is -2.25. The van der Waals surface area contributed by atoms with Crippen LogP contribution in [0.2, 0.25) is 0 Å².